The number of aromatic amines is 1. The lowest BCUT2D eigenvalue weighted by Crippen LogP contribution is -2.12. The molecule has 0 aliphatic rings. The molecule has 6 heteroatoms. The van der Waals surface area contributed by atoms with E-state index < -0.39 is 17.2 Å². The highest BCUT2D eigenvalue weighted by molar-refractivity contribution is 5.70. The van der Waals surface area contributed by atoms with Crippen LogP contribution in [0.2, 0.25) is 0 Å². The van der Waals surface area contributed by atoms with Gasteiger partial charge in [0.2, 0.25) is 5.82 Å². The van der Waals surface area contributed by atoms with Crippen molar-refractivity contribution in [3.8, 4) is 22.9 Å². The van der Waals surface area contributed by atoms with Gasteiger partial charge in [-0.1, -0.05) is 24.3 Å². The van der Waals surface area contributed by atoms with Crippen molar-refractivity contribution in [2.75, 3.05) is 0 Å². The van der Waals surface area contributed by atoms with Crippen molar-refractivity contribution in [2.45, 2.75) is 13.5 Å². The Balaban J connectivity index is 1.91. The van der Waals surface area contributed by atoms with Gasteiger partial charge < -0.3 is 9.72 Å². The zero-order valence-corrected chi connectivity index (χ0v) is 13.8. The number of H-pyrrole nitrogens is 1. The first-order valence-corrected chi connectivity index (χ1v) is 7.79. The summed E-state index contributed by atoms with van der Waals surface area (Å²) in [6.45, 7) is 1.74. The van der Waals surface area contributed by atoms with E-state index in [0.717, 1.165) is 6.07 Å². The maximum atomic E-state index is 13.7. The highest BCUT2D eigenvalue weighted by Gasteiger charge is 2.12. The molecule has 3 rings (SSSR count). The summed E-state index contributed by atoms with van der Waals surface area (Å²) in [5.41, 5.74) is 2.06. The van der Waals surface area contributed by atoms with E-state index >= 15 is 0 Å². The number of pyridine rings is 1. The summed E-state index contributed by atoms with van der Waals surface area (Å²) in [7, 11) is 0. The number of hydrogen-bond acceptors (Lipinski definition) is 3. The van der Waals surface area contributed by atoms with Crippen molar-refractivity contribution in [2.24, 2.45) is 0 Å². The molecular formula is C20H14F2N2O2. The lowest BCUT2D eigenvalue weighted by molar-refractivity contribution is 0.284. The minimum atomic E-state index is -1.04. The highest BCUT2D eigenvalue weighted by Crippen LogP contribution is 2.24. The highest BCUT2D eigenvalue weighted by atomic mass is 19.2. The van der Waals surface area contributed by atoms with Crippen LogP contribution in [0, 0.1) is 29.9 Å². The molecule has 0 aliphatic heterocycles. The van der Waals surface area contributed by atoms with Gasteiger partial charge in [-0.05, 0) is 42.3 Å². The summed E-state index contributed by atoms with van der Waals surface area (Å²) in [6, 6.07) is 14.4. The number of ether oxygens (including phenoxy) is 1. The summed E-state index contributed by atoms with van der Waals surface area (Å²) in [4.78, 5) is 14.5. The van der Waals surface area contributed by atoms with E-state index in [-0.39, 0.29) is 17.9 Å². The molecule has 0 fully saturated rings. The van der Waals surface area contributed by atoms with Gasteiger partial charge in [0.05, 0.1) is 0 Å². The molecule has 0 saturated carbocycles. The normalized spacial score (nSPS) is 10.4. The van der Waals surface area contributed by atoms with Crippen LogP contribution in [0.3, 0.4) is 0 Å². The van der Waals surface area contributed by atoms with Crippen LogP contribution in [0.1, 0.15) is 16.8 Å². The second-order valence-corrected chi connectivity index (χ2v) is 5.72. The molecule has 0 aliphatic carbocycles. The van der Waals surface area contributed by atoms with E-state index in [1.54, 1.807) is 37.3 Å². The predicted molar refractivity (Wildman–Crippen MR) is 92.6 cm³/mol. The van der Waals surface area contributed by atoms with Crippen LogP contribution in [0.25, 0.3) is 11.1 Å². The summed E-state index contributed by atoms with van der Waals surface area (Å²) in [5, 5.41) is 9.26. The van der Waals surface area contributed by atoms with Crippen LogP contribution in [0.5, 0.6) is 5.75 Å². The van der Waals surface area contributed by atoms with Gasteiger partial charge in [-0.15, -0.1) is 0 Å². The third-order valence-electron chi connectivity index (χ3n) is 3.83. The van der Waals surface area contributed by atoms with Crippen molar-refractivity contribution in [1.29, 1.82) is 5.26 Å². The molecule has 0 unspecified atom stereocenters. The maximum absolute atomic E-state index is 13.7. The van der Waals surface area contributed by atoms with Gasteiger partial charge in [0.1, 0.15) is 18.2 Å². The van der Waals surface area contributed by atoms with E-state index in [0.29, 0.717) is 22.4 Å². The first-order chi connectivity index (χ1) is 12.5. The molecule has 3 aromatic rings. The third kappa shape index (κ3) is 3.47. The van der Waals surface area contributed by atoms with E-state index in [4.69, 9.17) is 4.74 Å². The number of nitriles is 1. The van der Waals surface area contributed by atoms with Gasteiger partial charge >= 0.3 is 0 Å². The van der Waals surface area contributed by atoms with Crippen molar-refractivity contribution in [3.05, 3.63) is 87.3 Å². The maximum Gasteiger partial charge on any atom is 0.266 e. The monoisotopic (exact) mass is 352 g/mol. The molecule has 2 aromatic carbocycles. The number of benzene rings is 2. The molecule has 0 radical (unpaired) electrons. The van der Waals surface area contributed by atoms with Crippen LogP contribution in [-0.2, 0) is 6.61 Å². The van der Waals surface area contributed by atoms with E-state index in [9.17, 15) is 18.8 Å². The summed E-state index contributed by atoms with van der Waals surface area (Å²) in [5.74, 6) is -2.20. The summed E-state index contributed by atoms with van der Waals surface area (Å²) in [6.07, 6.45) is 0. The lowest BCUT2D eigenvalue weighted by Gasteiger charge is -2.10. The zero-order valence-electron chi connectivity index (χ0n) is 13.8. The van der Waals surface area contributed by atoms with Gasteiger partial charge in [-0.25, -0.2) is 4.39 Å². The van der Waals surface area contributed by atoms with Crippen LogP contribution < -0.4 is 10.3 Å². The largest absolute Gasteiger partial charge is 0.486 e. The smallest absolute Gasteiger partial charge is 0.266 e. The van der Waals surface area contributed by atoms with Crippen molar-refractivity contribution < 1.29 is 13.5 Å². The molecule has 130 valence electrons. The second-order valence-electron chi connectivity index (χ2n) is 5.72. The number of aromatic nitrogens is 1. The fourth-order valence-electron chi connectivity index (χ4n) is 2.61. The first kappa shape index (κ1) is 17.4. The molecule has 0 spiro atoms. The number of aryl methyl sites for hydroxylation is 1. The first-order valence-electron chi connectivity index (χ1n) is 7.79. The molecular weight excluding hydrogens is 338 g/mol. The van der Waals surface area contributed by atoms with E-state index in [2.05, 4.69) is 4.98 Å². The Kier molecular flexibility index (Phi) is 4.81. The SMILES string of the molecule is Cc1cc(-c2cccc(COc3cccc(F)c3F)c2)c(C#N)c(=O)[nH]1. The molecule has 1 heterocycles. The minimum absolute atomic E-state index is 0.0122. The second kappa shape index (κ2) is 7.19. The van der Waals surface area contributed by atoms with Crippen LogP contribution in [0.4, 0.5) is 8.78 Å². The Hall–Kier alpha value is -3.46. The number of halogens is 2. The van der Waals surface area contributed by atoms with E-state index in [1.165, 1.54) is 12.1 Å². The van der Waals surface area contributed by atoms with Crippen molar-refractivity contribution in [3.63, 3.8) is 0 Å². The predicted octanol–water partition coefficient (Wildman–Crippen LogP) is 4.08. The molecule has 0 saturated heterocycles. The van der Waals surface area contributed by atoms with Crippen LogP contribution in [0.15, 0.2) is 53.3 Å². The standard InChI is InChI=1S/C20H14F2N2O2/c1-12-8-15(16(10-23)20(25)24-12)14-5-2-4-13(9-14)11-26-18-7-3-6-17(21)19(18)22/h2-9H,11H2,1H3,(H,24,25). The van der Waals surface area contributed by atoms with E-state index in [1.807, 2.05) is 6.07 Å². The fourth-order valence-corrected chi connectivity index (χ4v) is 2.61. The molecule has 26 heavy (non-hydrogen) atoms. The quantitative estimate of drug-likeness (QED) is 0.769. The lowest BCUT2D eigenvalue weighted by atomic mass is 9.99. The zero-order chi connectivity index (χ0) is 18.7. The third-order valence-corrected chi connectivity index (χ3v) is 3.83. The number of hydrogen-bond donors (Lipinski definition) is 1. The van der Waals surface area contributed by atoms with Gasteiger partial charge in [0.25, 0.3) is 5.56 Å². The fraction of sp³-hybridized carbons (Fsp3) is 0.100. The van der Waals surface area contributed by atoms with Gasteiger partial charge in [0, 0.05) is 11.3 Å². The topological polar surface area (TPSA) is 65.9 Å². The Labute approximate surface area is 148 Å². The molecule has 4 nitrogen and oxygen atoms in total. The average molecular weight is 352 g/mol. The molecule has 1 aromatic heterocycles. The van der Waals surface area contributed by atoms with Crippen LogP contribution in [-0.4, -0.2) is 4.98 Å². The summed E-state index contributed by atoms with van der Waals surface area (Å²) >= 11 is 0. The Bertz CT molecular complexity index is 1070. The minimum Gasteiger partial charge on any atom is -0.486 e. The summed E-state index contributed by atoms with van der Waals surface area (Å²) < 4.78 is 32.2. The van der Waals surface area contributed by atoms with Crippen molar-refractivity contribution >= 4 is 0 Å². The van der Waals surface area contributed by atoms with Gasteiger partial charge in [-0.3, -0.25) is 4.79 Å². The molecule has 0 atom stereocenters. The molecule has 0 bridgehead atoms. The Morgan fingerprint density at radius 2 is 1.92 bits per heavy atom. The average Bonchev–Trinajstić information content (AvgIpc) is 2.62. The number of nitrogens with zero attached hydrogens (tertiary/aromatic N) is 1. The molecule has 1 N–H and O–H groups in total. The number of rotatable bonds is 4. The Morgan fingerprint density at radius 3 is 2.69 bits per heavy atom. The van der Waals surface area contributed by atoms with Crippen LogP contribution >= 0.6 is 0 Å². The number of nitrogens with one attached hydrogen (secondary N) is 1. The van der Waals surface area contributed by atoms with Gasteiger partial charge in [0.15, 0.2) is 11.6 Å². The Morgan fingerprint density at radius 1 is 1.15 bits per heavy atom. The van der Waals surface area contributed by atoms with Crippen molar-refractivity contribution in [1.82, 2.24) is 4.98 Å². The van der Waals surface area contributed by atoms with Gasteiger partial charge in [-0.2, -0.15) is 9.65 Å². The molecule has 0 amide bonds.